The molecule has 0 spiro atoms. The van der Waals surface area contributed by atoms with Gasteiger partial charge in [0.1, 0.15) is 20.2 Å². The maximum atomic E-state index is 12.0. The van der Waals surface area contributed by atoms with Crippen LogP contribution in [-0.4, -0.2) is 79.6 Å². The third kappa shape index (κ3) is 10.1. The molecule has 2 aromatic rings. The van der Waals surface area contributed by atoms with Crippen molar-refractivity contribution in [1.29, 1.82) is 0 Å². The summed E-state index contributed by atoms with van der Waals surface area (Å²) in [6.07, 6.45) is 2.06. The van der Waals surface area contributed by atoms with Gasteiger partial charge in [0.25, 0.3) is 0 Å². The molecule has 0 atom stereocenters. The van der Waals surface area contributed by atoms with Gasteiger partial charge >= 0.3 is 79.5 Å². The van der Waals surface area contributed by atoms with Crippen molar-refractivity contribution in [2.45, 2.75) is 9.79 Å². The predicted octanol–water partition coefficient (Wildman–Crippen LogP) is -5.89. The van der Waals surface area contributed by atoms with Crippen molar-refractivity contribution in [3.63, 3.8) is 0 Å². The summed E-state index contributed by atoms with van der Waals surface area (Å²) in [5.41, 5.74) is -0.917. The van der Waals surface area contributed by atoms with Crippen molar-refractivity contribution in [2.24, 2.45) is 0 Å². The SMILES string of the molecule is CN(C)S(=O)(=O)Nc1ccc(/C=C/c2ccc(NS(=O)(=O)N(C)C)cc2S(=O)(=O)[O-])c(S(=O)(=O)[O-])c1.[Na+].[Na+]. The van der Waals surface area contributed by atoms with Crippen LogP contribution in [0.2, 0.25) is 0 Å². The molecule has 0 heterocycles. The van der Waals surface area contributed by atoms with Crippen LogP contribution in [0, 0.1) is 0 Å². The summed E-state index contributed by atoms with van der Waals surface area (Å²) >= 11 is 0. The maximum absolute atomic E-state index is 12.0. The Morgan fingerprint density at radius 2 is 0.895 bits per heavy atom. The van der Waals surface area contributed by atoms with Crippen LogP contribution in [0.3, 0.4) is 0 Å². The van der Waals surface area contributed by atoms with E-state index >= 15 is 0 Å². The van der Waals surface area contributed by atoms with Crippen molar-refractivity contribution in [3.05, 3.63) is 47.5 Å². The van der Waals surface area contributed by atoms with Gasteiger partial charge in [-0.2, -0.15) is 25.4 Å². The Morgan fingerprint density at radius 3 is 1.13 bits per heavy atom. The molecule has 0 aliphatic heterocycles. The fourth-order valence-electron chi connectivity index (χ4n) is 2.56. The van der Waals surface area contributed by atoms with Crippen LogP contribution in [0.1, 0.15) is 11.1 Å². The van der Waals surface area contributed by atoms with Gasteiger partial charge < -0.3 is 9.11 Å². The van der Waals surface area contributed by atoms with Gasteiger partial charge in [0.2, 0.25) is 0 Å². The summed E-state index contributed by atoms with van der Waals surface area (Å²) < 4.78 is 124. The molecule has 2 N–H and O–H groups in total. The van der Waals surface area contributed by atoms with Gasteiger partial charge in [0.05, 0.1) is 21.2 Å². The molecule has 0 fully saturated rings. The van der Waals surface area contributed by atoms with Crippen LogP contribution in [0.15, 0.2) is 46.2 Å². The Hall–Kier alpha value is -0.580. The van der Waals surface area contributed by atoms with E-state index in [1.54, 1.807) is 0 Å². The number of nitrogens with one attached hydrogen (secondary N) is 2. The van der Waals surface area contributed by atoms with E-state index in [0.717, 1.165) is 45.0 Å². The minimum Gasteiger partial charge on any atom is -0.744 e. The monoisotopic (exact) mass is 628 g/mol. The van der Waals surface area contributed by atoms with Gasteiger partial charge in [0, 0.05) is 28.2 Å². The molecular weight excluding hydrogens is 606 g/mol. The second kappa shape index (κ2) is 13.9. The number of nitrogens with zero attached hydrogens (tertiary/aromatic N) is 2. The molecule has 0 aliphatic rings. The molecule has 38 heavy (non-hydrogen) atoms. The molecule has 2 rings (SSSR count). The van der Waals surface area contributed by atoms with Crippen LogP contribution in [0.5, 0.6) is 0 Å². The average Bonchev–Trinajstić information content (AvgIpc) is 2.71. The summed E-state index contributed by atoms with van der Waals surface area (Å²) in [6, 6.07) is 6.10. The number of hydrogen-bond donors (Lipinski definition) is 2. The topological polar surface area (TPSA) is 213 Å². The molecule has 2 aromatic carbocycles. The van der Waals surface area contributed by atoms with E-state index in [1.807, 2.05) is 0 Å². The predicted molar refractivity (Wildman–Crippen MR) is 130 cm³/mol. The van der Waals surface area contributed by atoms with Crippen molar-refractivity contribution in [2.75, 3.05) is 37.6 Å². The molecule has 0 amide bonds. The zero-order chi connectivity index (χ0) is 27.7. The van der Waals surface area contributed by atoms with Gasteiger partial charge in [-0.15, -0.1) is 0 Å². The third-order valence-electron chi connectivity index (χ3n) is 4.46. The van der Waals surface area contributed by atoms with E-state index in [4.69, 9.17) is 0 Å². The van der Waals surface area contributed by atoms with Gasteiger partial charge in [-0.1, -0.05) is 24.3 Å². The van der Waals surface area contributed by atoms with Crippen molar-refractivity contribution >= 4 is 64.2 Å². The Kier molecular flexibility index (Phi) is 13.6. The maximum Gasteiger partial charge on any atom is 1.00 e. The van der Waals surface area contributed by atoms with Crippen molar-refractivity contribution in [1.82, 2.24) is 8.61 Å². The van der Waals surface area contributed by atoms with Crippen LogP contribution in [0.25, 0.3) is 12.2 Å². The fourth-order valence-corrected chi connectivity index (χ4v) is 5.17. The Bertz CT molecular complexity index is 1500. The minimum atomic E-state index is -5.12. The normalized spacial score (nSPS) is 12.7. The van der Waals surface area contributed by atoms with Crippen molar-refractivity contribution in [3.8, 4) is 0 Å². The van der Waals surface area contributed by atoms with E-state index < -0.39 is 50.4 Å². The smallest absolute Gasteiger partial charge is 0.744 e. The van der Waals surface area contributed by atoms with Crippen LogP contribution in [-0.2, 0) is 40.7 Å². The number of hydrogen-bond acceptors (Lipinski definition) is 10. The van der Waals surface area contributed by atoms with Crippen molar-refractivity contribution < 1.29 is 102 Å². The number of rotatable bonds is 10. The third-order valence-corrected chi connectivity index (χ3v) is 9.16. The first-order chi connectivity index (χ1) is 16.2. The second-order valence-electron chi connectivity index (χ2n) is 7.53. The Balaban J connectivity index is 0.00000684. The second-order valence-corrected chi connectivity index (χ2v) is 14.0. The van der Waals surface area contributed by atoms with Gasteiger partial charge in [0.15, 0.2) is 0 Å². The molecule has 200 valence electrons. The average molecular weight is 629 g/mol. The molecule has 14 nitrogen and oxygen atoms in total. The first kappa shape index (κ1) is 37.4. The molecule has 0 bridgehead atoms. The molecule has 0 aliphatic carbocycles. The van der Waals surface area contributed by atoms with E-state index in [-0.39, 0.29) is 81.6 Å². The number of anilines is 2. The summed E-state index contributed by atoms with van der Waals surface area (Å²) in [5, 5.41) is 0. The molecule has 0 saturated carbocycles. The number of benzene rings is 2. The van der Waals surface area contributed by atoms with Crippen LogP contribution < -0.4 is 68.6 Å². The molecule has 0 radical (unpaired) electrons. The first-order valence-electron chi connectivity index (χ1n) is 9.52. The summed E-state index contributed by atoms with van der Waals surface area (Å²) in [5.74, 6) is 0. The molecule has 20 heteroatoms. The van der Waals surface area contributed by atoms with E-state index in [1.165, 1.54) is 40.3 Å². The summed E-state index contributed by atoms with van der Waals surface area (Å²) in [4.78, 5) is -1.64. The largest absolute Gasteiger partial charge is 1.00 e. The van der Waals surface area contributed by atoms with Gasteiger partial charge in [-0.3, -0.25) is 9.44 Å². The van der Waals surface area contributed by atoms with Crippen LogP contribution in [0.4, 0.5) is 11.4 Å². The van der Waals surface area contributed by atoms with Gasteiger partial charge in [-0.05, 0) is 35.4 Å². The van der Waals surface area contributed by atoms with Crippen LogP contribution >= 0.6 is 0 Å². The Morgan fingerprint density at radius 1 is 0.605 bits per heavy atom. The molecule has 0 aromatic heterocycles. The quantitative estimate of drug-likeness (QED) is 0.144. The Labute approximate surface area is 266 Å². The molecule has 0 saturated heterocycles. The fraction of sp³-hybridized carbons (Fsp3) is 0.222. The summed E-state index contributed by atoms with van der Waals surface area (Å²) in [7, 11) is -13.4. The zero-order valence-electron chi connectivity index (χ0n) is 21.2. The van der Waals surface area contributed by atoms with E-state index in [0.29, 0.717) is 0 Å². The molecule has 0 unspecified atom stereocenters. The molecular formula is C18H22N4Na2O10S4. The summed E-state index contributed by atoms with van der Waals surface area (Å²) in [6.45, 7) is 0. The van der Waals surface area contributed by atoms with E-state index in [2.05, 4.69) is 9.44 Å². The van der Waals surface area contributed by atoms with Gasteiger partial charge in [-0.25, -0.2) is 16.8 Å². The standard InChI is InChI=1S/C18H24N4O10S4.2Na/c1-21(2)35(29,30)19-15-9-7-13(17(11-15)33(23,24)25)5-6-14-8-10-16(12-18(14)34(26,27)28)20-36(31,32)22(3)4;;/h5-12,19-20H,1-4H3,(H,23,24,25)(H,26,27,28);;/q;2*+1/p-2/b6-5+;;. The van der Waals surface area contributed by atoms with E-state index in [9.17, 15) is 42.8 Å². The first-order valence-corrected chi connectivity index (χ1v) is 15.2. The zero-order valence-corrected chi connectivity index (χ0v) is 28.5. The minimum absolute atomic E-state index is 0.